The fraction of sp³-hybridized carbons (Fsp3) is 0.448. The number of rotatable bonds is 15. The molecule has 3 aromatic rings. The Balaban J connectivity index is 1.88. The van der Waals surface area contributed by atoms with E-state index in [1.54, 1.807) is 7.05 Å². The Morgan fingerprint density at radius 3 is 2.39 bits per heavy atom. The fourth-order valence-electron chi connectivity index (χ4n) is 4.50. The maximum Gasteiger partial charge on any atom is 0.413 e. The Bertz CT molecular complexity index is 1530. The molecule has 3 rings (SSSR count). The van der Waals surface area contributed by atoms with Gasteiger partial charge in [0.2, 0.25) is 27.8 Å². The van der Waals surface area contributed by atoms with Gasteiger partial charge in [0, 0.05) is 13.1 Å². The number of carbonyl (C=O) groups excluding carboxylic acids is 3. The topological polar surface area (TPSA) is 195 Å². The molecule has 1 aromatic heterocycles. The molecule has 0 radical (unpaired) electrons. The van der Waals surface area contributed by atoms with E-state index >= 15 is 0 Å². The monoisotopic (exact) mass is 631 g/mol. The molecule has 3 amide bonds. The minimum absolute atomic E-state index is 0.0309. The Labute approximate surface area is 257 Å². The molecular formula is C29H41N7O7S. The van der Waals surface area contributed by atoms with Gasteiger partial charge >= 0.3 is 6.09 Å². The smallest absolute Gasteiger partial charge is 0.413 e. The molecule has 6 N–H and O–H groups in total. The number of sulfonamides is 1. The van der Waals surface area contributed by atoms with Crippen molar-refractivity contribution in [3.05, 3.63) is 54.1 Å². The summed E-state index contributed by atoms with van der Waals surface area (Å²) < 4.78 is 33.6. The lowest BCUT2D eigenvalue weighted by Gasteiger charge is -2.31. The van der Waals surface area contributed by atoms with E-state index in [1.165, 1.54) is 36.5 Å². The second-order valence-electron chi connectivity index (χ2n) is 10.8. The number of nitrogens with zero attached hydrogens (tertiary/aromatic N) is 2. The first-order valence-electron chi connectivity index (χ1n) is 14.1. The highest BCUT2D eigenvalue weighted by Gasteiger charge is 2.32. The molecule has 15 heteroatoms. The summed E-state index contributed by atoms with van der Waals surface area (Å²) >= 11 is 0. The van der Waals surface area contributed by atoms with Gasteiger partial charge in [-0.1, -0.05) is 44.2 Å². The summed E-state index contributed by atoms with van der Waals surface area (Å²) in [4.78, 5) is 43.6. The average Bonchev–Trinajstić information content (AvgIpc) is 3.38. The summed E-state index contributed by atoms with van der Waals surface area (Å²) in [6.45, 7) is 5.06. The molecule has 240 valence electrons. The minimum Gasteiger partial charge on any atom is -0.453 e. The largest absolute Gasteiger partial charge is 0.453 e. The molecule has 44 heavy (non-hydrogen) atoms. The van der Waals surface area contributed by atoms with Crippen molar-refractivity contribution in [2.24, 2.45) is 5.92 Å². The maximum absolute atomic E-state index is 13.9. The van der Waals surface area contributed by atoms with Crippen LogP contribution in [0.3, 0.4) is 0 Å². The summed E-state index contributed by atoms with van der Waals surface area (Å²) in [5.41, 5.74) is 1.61. The molecule has 14 nitrogen and oxygen atoms in total. The lowest BCUT2D eigenvalue weighted by molar-refractivity contribution is -0.129. The van der Waals surface area contributed by atoms with Gasteiger partial charge in [-0.3, -0.25) is 14.9 Å². The molecule has 0 saturated carbocycles. The number of aliphatic hydroxyl groups is 1. The summed E-state index contributed by atoms with van der Waals surface area (Å²) in [5.74, 6) is -0.888. The Morgan fingerprint density at radius 1 is 1.05 bits per heavy atom. The summed E-state index contributed by atoms with van der Waals surface area (Å²) in [6.07, 6.45) is -1.82. The van der Waals surface area contributed by atoms with E-state index in [4.69, 9.17) is 0 Å². The van der Waals surface area contributed by atoms with Crippen LogP contribution in [0.15, 0.2) is 53.4 Å². The molecule has 0 aliphatic heterocycles. The van der Waals surface area contributed by atoms with Crippen molar-refractivity contribution in [1.82, 2.24) is 30.2 Å². The van der Waals surface area contributed by atoms with Crippen LogP contribution in [0.25, 0.3) is 11.0 Å². The predicted molar refractivity (Wildman–Crippen MR) is 165 cm³/mol. The number of fused-ring (bicyclic) bond motifs is 1. The molecule has 0 fully saturated rings. The van der Waals surface area contributed by atoms with Crippen molar-refractivity contribution < 1.29 is 32.6 Å². The second-order valence-corrected chi connectivity index (χ2v) is 12.7. The average molecular weight is 632 g/mol. The molecular weight excluding hydrogens is 590 g/mol. The maximum atomic E-state index is 13.9. The summed E-state index contributed by atoms with van der Waals surface area (Å²) in [7, 11) is -1.32. The highest BCUT2D eigenvalue weighted by atomic mass is 32.2. The molecule has 2 aromatic carbocycles. The number of ether oxygens (including phenoxy) is 1. The SMILES string of the molecule is CNCC(=O)N[C@@H](C)C(=O)N[C@@H](Cc1ccccc1)C(O)CN(CC(C)C)S(=O)(=O)c1ccc2nc(NC(=O)OC)[nH]c2c1. The highest BCUT2D eigenvalue weighted by Crippen LogP contribution is 2.24. The molecule has 0 bridgehead atoms. The van der Waals surface area contributed by atoms with Gasteiger partial charge in [0.25, 0.3) is 0 Å². The van der Waals surface area contributed by atoms with E-state index in [0.29, 0.717) is 11.0 Å². The third-order valence-electron chi connectivity index (χ3n) is 6.66. The molecule has 1 unspecified atom stereocenters. The van der Waals surface area contributed by atoms with Crippen LogP contribution in [0.1, 0.15) is 26.3 Å². The van der Waals surface area contributed by atoms with Crippen molar-refractivity contribution in [1.29, 1.82) is 0 Å². The minimum atomic E-state index is -4.14. The predicted octanol–water partition coefficient (Wildman–Crippen LogP) is 1.20. The zero-order valence-corrected chi connectivity index (χ0v) is 26.3. The number of benzene rings is 2. The quantitative estimate of drug-likeness (QED) is 0.143. The number of aromatic amines is 1. The van der Waals surface area contributed by atoms with Crippen molar-refractivity contribution in [2.45, 2.75) is 50.3 Å². The van der Waals surface area contributed by atoms with E-state index in [1.807, 2.05) is 44.2 Å². The van der Waals surface area contributed by atoms with E-state index in [9.17, 15) is 27.9 Å². The van der Waals surface area contributed by atoms with Crippen LogP contribution in [0.5, 0.6) is 0 Å². The number of imidazole rings is 1. The number of hydrogen-bond acceptors (Lipinski definition) is 9. The van der Waals surface area contributed by atoms with Crippen LogP contribution in [0.2, 0.25) is 0 Å². The number of aliphatic hydroxyl groups excluding tert-OH is 1. The standard InChI is InChI=1S/C29H41N7O7S/c1-18(2)16-36(44(41,42)21-11-12-22-23(14-21)34-28(33-22)35-29(40)43-5)17-25(37)24(13-20-9-7-6-8-10-20)32-27(39)19(3)31-26(38)15-30-4/h6-12,14,18-19,24-25,30,37H,13,15-17H2,1-5H3,(H,31,38)(H,32,39)(H2,33,34,35,40)/t19-,24-,25?/m0/s1. The van der Waals surface area contributed by atoms with Gasteiger partial charge in [-0.15, -0.1) is 0 Å². The van der Waals surface area contributed by atoms with Crippen LogP contribution in [0.4, 0.5) is 10.7 Å². The first-order chi connectivity index (χ1) is 20.8. The van der Waals surface area contributed by atoms with E-state index in [-0.39, 0.29) is 48.7 Å². The number of amides is 3. The van der Waals surface area contributed by atoms with Gasteiger partial charge in [-0.2, -0.15) is 4.31 Å². The molecule has 0 aliphatic rings. The van der Waals surface area contributed by atoms with Gasteiger partial charge in [0.05, 0.1) is 41.7 Å². The zero-order valence-electron chi connectivity index (χ0n) is 25.5. The Hall–Kier alpha value is -4.05. The van der Waals surface area contributed by atoms with Gasteiger partial charge < -0.3 is 30.8 Å². The van der Waals surface area contributed by atoms with Crippen molar-refractivity contribution in [3.8, 4) is 0 Å². The van der Waals surface area contributed by atoms with Gasteiger partial charge in [0.1, 0.15) is 6.04 Å². The normalized spacial score (nSPS) is 13.8. The Kier molecular flexibility index (Phi) is 12.2. The third-order valence-corrected chi connectivity index (χ3v) is 8.48. The number of hydrogen-bond donors (Lipinski definition) is 6. The summed E-state index contributed by atoms with van der Waals surface area (Å²) in [5, 5.41) is 22.0. The summed E-state index contributed by atoms with van der Waals surface area (Å²) in [6, 6.07) is 11.7. The molecule has 3 atom stereocenters. The number of carbonyl (C=O) groups is 3. The molecule has 0 aliphatic carbocycles. The zero-order chi connectivity index (χ0) is 32.4. The first-order valence-corrected chi connectivity index (χ1v) is 15.6. The lowest BCUT2D eigenvalue weighted by atomic mass is 10.0. The van der Waals surface area contributed by atoms with Crippen LogP contribution >= 0.6 is 0 Å². The van der Waals surface area contributed by atoms with Gasteiger partial charge in [-0.25, -0.2) is 18.2 Å². The second kappa shape index (κ2) is 15.6. The van der Waals surface area contributed by atoms with E-state index < -0.39 is 40.2 Å². The van der Waals surface area contributed by atoms with Crippen molar-refractivity contribution in [3.63, 3.8) is 0 Å². The van der Waals surface area contributed by atoms with Crippen LogP contribution in [0, 0.1) is 5.92 Å². The van der Waals surface area contributed by atoms with Crippen molar-refractivity contribution >= 4 is 44.9 Å². The Morgan fingerprint density at radius 2 is 1.75 bits per heavy atom. The molecule has 0 saturated heterocycles. The van der Waals surface area contributed by atoms with Crippen LogP contribution in [-0.4, -0.2) is 97.7 Å². The molecule has 0 spiro atoms. The van der Waals surface area contributed by atoms with Gasteiger partial charge in [0.15, 0.2) is 0 Å². The number of anilines is 1. The third kappa shape index (κ3) is 9.47. The fourth-order valence-corrected chi connectivity index (χ4v) is 6.15. The van der Waals surface area contributed by atoms with Crippen molar-refractivity contribution in [2.75, 3.05) is 39.1 Å². The number of H-pyrrole nitrogens is 1. The highest BCUT2D eigenvalue weighted by molar-refractivity contribution is 7.89. The van der Waals surface area contributed by atoms with Crippen LogP contribution < -0.4 is 21.3 Å². The number of methoxy groups -OCH3 is 1. The lowest BCUT2D eigenvalue weighted by Crippen LogP contribution is -2.55. The van der Waals surface area contributed by atoms with Gasteiger partial charge in [-0.05, 0) is 50.1 Å². The van der Waals surface area contributed by atoms with E-state index in [2.05, 4.69) is 36.0 Å². The number of likely N-dealkylation sites (N-methyl/N-ethyl adjacent to an activating group) is 1. The number of aromatic nitrogens is 2. The van der Waals surface area contributed by atoms with Crippen LogP contribution in [-0.2, 0) is 30.8 Å². The first kappa shape index (κ1) is 34.4. The number of nitrogens with one attached hydrogen (secondary N) is 5. The van der Waals surface area contributed by atoms with E-state index in [0.717, 1.165) is 5.56 Å². The molecule has 1 heterocycles.